The number of nitrogens with one attached hydrogen (secondary N) is 2. The van der Waals surface area contributed by atoms with E-state index < -0.39 is 0 Å². The lowest BCUT2D eigenvalue weighted by Gasteiger charge is -2.40. The fourth-order valence-corrected chi connectivity index (χ4v) is 5.33. The SMILES string of the molecule is CCOc1cc(C(=O)NCc2c(C)cc(C)[nH]c2=O)c(C)c(N(CC)C2CCC(N(C)C)CC2)c1. The van der Waals surface area contributed by atoms with Gasteiger partial charge in [0.25, 0.3) is 11.5 Å². The molecule has 1 aromatic heterocycles. The second-order valence-corrected chi connectivity index (χ2v) is 9.89. The highest BCUT2D eigenvalue weighted by Gasteiger charge is 2.28. The van der Waals surface area contributed by atoms with Crippen LogP contribution >= 0.6 is 0 Å². The summed E-state index contributed by atoms with van der Waals surface area (Å²) in [6, 6.07) is 6.89. The van der Waals surface area contributed by atoms with Crippen LogP contribution in [0.2, 0.25) is 0 Å². The van der Waals surface area contributed by atoms with Crippen molar-refractivity contribution in [1.29, 1.82) is 0 Å². The quantitative estimate of drug-likeness (QED) is 0.556. The van der Waals surface area contributed by atoms with Crippen molar-refractivity contribution in [3.8, 4) is 5.75 Å². The lowest BCUT2D eigenvalue weighted by atomic mass is 9.88. The average molecular weight is 483 g/mol. The van der Waals surface area contributed by atoms with Crippen molar-refractivity contribution in [3.63, 3.8) is 0 Å². The molecule has 0 atom stereocenters. The molecule has 1 fully saturated rings. The highest BCUT2D eigenvalue weighted by atomic mass is 16.5. The number of benzene rings is 1. The van der Waals surface area contributed by atoms with Gasteiger partial charge in [0.1, 0.15) is 5.75 Å². The molecule has 1 aliphatic rings. The summed E-state index contributed by atoms with van der Waals surface area (Å²) in [7, 11) is 4.32. The van der Waals surface area contributed by atoms with Gasteiger partial charge in [-0.3, -0.25) is 9.59 Å². The zero-order valence-corrected chi connectivity index (χ0v) is 22.5. The largest absolute Gasteiger partial charge is 0.494 e. The predicted molar refractivity (Wildman–Crippen MR) is 143 cm³/mol. The first-order chi connectivity index (χ1) is 16.7. The number of carbonyl (C=O) groups excluding carboxylic acids is 1. The highest BCUT2D eigenvalue weighted by Crippen LogP contribution is 2.35. The van der Waals surface area contributed by atoms with Crippen LogP contribution in [0.1, 0.15) is 72.3 Å². The summed E-state index contributed by atoms with van der Waals surface area (Å²) < 4.78 is 5.87. The molecule has 1 heterocycles. The molecule has 0 unspecified atom stereocenters. The van der Waals surface area contributed by atoms with Gasteiger partial charge in [-0.15, -0.1) is 0 Å². The zero-order chi connectivity index (χ0) is 25.7. The van der Waals surface area contributed by atoms with Crippen molar-refractivity contribution in [1.82, 2.24) is 15.2 Å². The van der Waals surface area contributed by atoms with Crippen molar-refractivity contribution in [2.75, 3.05) is 32.1 Å². The van der Waals surface area contributed by atoms with E-state index in [0.29, 0.717) is 35.6 Å². The summed E-state index contributed by atoms with van der Waals surface area (Å²) >= 11 is 0. The van der Waals surface area contributed by atoms with Crippen LogP contribution in [0, 0.1) is 20.8 Å². The maximum Gasteiger partial charge on any atom is 0.253 e. The number of pyridine rings is 1. The third-order valence-corrected chi connectivity index (χ3v) is 7.32. The Hall–Kier alpha value is -2.80. The third-order valence-electron chi connectivity index (χ3n) is 7.32. The normalized spacial score (nSPS) is 17.9. The van der Waals surface area contributed by atoms with E-state index in [-0.39, 0.29) is 18.0 Å². The molecular formula is C28H42N4O3. The molecule has 1 saturated carbocycles. The number of H-pyrrole nitrogens is 1. The van der Waals surface area contributed by atoms with Crippen LogP contribution in [-0.4, -0.2) is 55.1 Å². The topological polar surface area (TPSA) is 77.7 Å². The van der Waals surface area contributed by atoms with Crippen LogP contribution in [0.3, 0.4) is 0 Å². The van der Waals surface area contributed by atoms with E-state index in [2.05, 4.69) is 47.2 Å². The highest BCUT2D eigenvalue weighted by molar-refractivity contribution is 5.97. The second-order valence-electron chi connectivity index (χ2n) is 9.89. The van der Waals surface area contributed by atoms with Crippen molar-refractivity contribution < 1.29 is 9.53 Å². The molecule has 0 spiro atoms. The van der Waals surface area contributed by atoms with Gasteiger partial charge in [-0.25, -0.2) is 0 Å². The van der Waals surface area contributed by atoms with Gasteiger partial charge < -0.3 is 24.8 Å². The number of aromatic amines is 1. The van der Waals surface area contributed by atoms with Gasteiger partial charge in [-0.05, 0) is 97.7 Å². The molecule has 192 valence electrons. The van der Waals surface area contributed by atoms with Gasteiger partial charge >= 0.3 is 0 Å². The van der Waals surface area contributed by atoms with Gasteiger partial charge in [-0.1, -0.05) is 0 Å². The number of nitrogens with zero attached hydrogens (tertiary/aromatic N) is 2. The summed E-state index contributed by atoms with van der Waals surface area (Å²) in [6.07, 6.45) is 4.62. The fraction of sp³-hybridized carbons (Fsp3) is 0.571. The lowest BCUT2D eigenvalue weighted by Crippen LogP contribution is -2.42. The smallest absolute Gasteiger partial charge is 0.253 e. The van der Waals surface area contributed by atoms with E-state index in [9.17, 15) is 9.59 Å². The average Bonchev–Trinajstić information content (AvgIpc) is 2.81. The Morgan fingerprint density at radius 3 is 2.29 bits per heavy atom. The van der Waals surface area contributed by atoms with Gasteiger partial charge in [0.2, 0.25) is 0 Å². The van der Waals surface area contributed by atoms with E-state index in [0.717, 1.165) is 41.9 Å². The summed E-state index contributed by atoms with van der Waals surface area (Å²) in [5.74, 6) is 0.500. The van der Waals surface area contributed by atoms with Gasteiger partial charge in [0, 0.05) is 53.7 Å². The molecule has 2 aromatic rings. The van der Waals surface area contributed by atoms with E-state index in [1.807, 2.05) is 39.8 Å². The Morgan fingerprint density at radius 1 is 1.06 bits per heavy atom. The van der Waals surface area contributed by atoms with E-state index in [4.69, 9.17) is 4.74 Å². The van der Waals surface area contributed by atoms with E-state index in [1.165, 1.54) is 12.8 Å². The number of hydrogen-bond acceptors (Lipinski definition) is 5. The Morgan fingerprint density at radius 2 is 1.71 bits per heavy atom. The monoisotopic (exact) mass is 482 g/mol. The maximum absolute atomic E-state index is 13.3. The molecule has 0 bridgehead atoms. The molecule has 2 N–H and O–H groups in total. The number of amides is 1. The van der Waals surface area contributed by atoms with Crippen LogP contribution in [-0.2, 0) is 6.54 Å². The van der Waals surface area contributed by atoms with Gasteiger partial charge in [0.15, 0.2) is 0 Å². The Bertz CT molecular complexity index is 1080. The maximum atomic E-state index is 13.3. The van der Waals surface area contributed by atoms with Crippen LogP contribution in [0.25, 0.3) is 0 Å². The number of aryl methyl sites for hydroxylation is 2. The van der Waals surface area contributed by atoms with Crippen molar-refractivity contribution >= 4 is 11.6 Å². The van der Waals surface area contributed by atoms with Crippen LogP contribution in [0.5, 0.6) is 5.75 Å². The Kier molecular flexibility index (Phi) is 9.00. The molecule has 3 rings (SSSR count). The molecular weight excluding hydrogens is 440 g/mol. The van der Waals surface area contributed by atoms with Crippen LogP contribution < -0.4 is 20.5 Å². The number of rotatable bonds is 9. The molecule has 0 radical (unpaired) electrons. The molecule has 35 heavy (non-hydrogen) atoms. The molecule has 7 heteroatoms. The Balaban J connectivity index is 1.88. The number of anilines is 1. The first-order valence-electron chi connectivity index (χ1n) is 12.8. The fourth-order valence-electron chi connectivity index (χ4n) is 5.33. The number of ether oxygens (including phenoxy) is 1. The second kappa shape index (κ2) is 11.8. The predicted octanol–water partition coefficient (Wildman–Crippen LogP) is 4.33. The molecule has 1 aromatic carbocycles. The van der Waals surface area contributed by atoms with Gasteiger partial charge in [0.05, 0.1) is 6.61 Å². The van der Waals surface area contributed by atoms with Crippen molar-refractivity contribution in [2.45, 2.75) is 78.9 Å². The molecule has 0 aliphatic heterocycles. The first kappa shape index (κ1) is 26.8. The summed E-state index contributed by atoms with van der Waals surface area (Å²) in [6.45, 7) is 11.5. The van der Waals surface area contributed by atoms with E-state index in [1.54, 1.807) is 0 Å². The van der Waals surface area contributed by atoms with Crippen LogP contribution in [0.15, 0.2) is 23.0 Å². The number of carbonyl (C=O) groups is 1. The summed E-state index contributed by atoms with van der Waals surface area (Å²) in [5, 5.41) is 2.97. The minimum absolute atomic E-state index is 0.159. The lowest BCUT2D eigenvalue weighted by molar-refractivity contribution is 0.0949. The Labute approximate surface area is 209 Å². The third kappa shape index (κ3) is 6.26. The minimum atomic E-state index is -0.197. The zero-order valence-electron chi connectivity index (χ0n) is 22.5. The molecule has 1 aliphatic carbocycles. The first-order valence-corrected chi connectivity index (χ1v) is 12.8. The molecule has 0 saturated heterocycles. The molecule has 1 amide bonds. The van der Waals surface area contributed by atoms with Crippen molar-refractivity contribution in [2.24, 2.45) is 0 Å². The summed E-state index contributed by atoms with van der Waals surface area (Å²) in [4.78, 5) is 33.3. The van der Waals surface area contributed by atoms with Crippen molar-refractivity contribution in [3.05, 3.63) is 56.5 Å². The summed E-state index contributed by atoms with van der Waals surface area (Å²) in [5.41, 5.74) is 4.69. The molecule has 7 nitrogen and oxygen atoms in total. The minimum Gasteiger partial charge on any atom is -0.494 e. The number of aromatic nitrogens is 1. The standard InChI is InChI=1S/C28H42N4O3/c1-8-32(22-12-10-21(11-13-22)31(6)7)26-16-23(35-9-2)15-24(20(26)5)27(33)29-17-25-18(3)14-19(4)30-28(25)34/h14-16,21-22H,8-13,17H2,1-7H3,(H,29,33)(H,30,34). The van der Waals surface area contributed by atoms with Crippen LogP contribution in [0.4, 0.5) is 5.69 Å². The van der Waals surface area contributed by atoms with E-state index >= 15 is 0 Å². The number of hydrogen-bond donors (Lipinski definition) is 2. The van der Waals surface area contributed by atoms with Gasteiger partial charge in [-0.2, -0.15) is 0 Å².